The number of carbonyl (C=O) groups is 2. The zero-order chi connectivity index (χ0) is 18.9. The summed E-state index contributed by atoms with van der Waals surface area (Å²) in [6.07, 6.45) is 8.93. The van der Waals surface area contributed by atoms with Crippen molar-refractivity contribution in [1.82, 2.24) is 5.48 Å². The van der Waals surface area contributed by atoms with E-state index in [2.05, 4.69) is 5.32 Å². The first kappa shape index (κ1) is 18.3. The highest BCUT2D eigenvalue weighted by Crippen LogP contribution is 2.67. The van der Waals surface area contributed by atoms with Crippen LogP contribution in [0.15, 0.2) is 24.3 Å². The van der Waals surface area contributed by atoms with Gasteiger partial charge in [0.15, 0.2) is 0 Å². The van der Waals surface area contributed by atoms with Gasteiger partial charge in [0, 0.05) is 5.69 Å². The van der Waals surface area contributed by atoms with Gasteiger partial charge in [-0.05, 0) is 85.8 Å². The molecule has 4 saturated carbocycles. The minimum absolute atomic E-state index is 0.0890. The third kappa shape index (κ3) is 3.95. The third-order valence-electron chi connectivity index (χ3n) is 6.90. The van der Waals surface area contributed by atoms with Crippen molar-refractivity contribution in [3.63, 3.8) is 0 Å². The molecule has 0 heterocycles. The van der Waals surface area contributed by atoms with Crippen molar-refractivity contribution in [3.8, 4) is 0 Å². The minimum atomic E-state index is -0.473. The molecule has 3 N–H and O–H groups in total. The molecule has 2 amide bonds. The first-order chi connectivity index (χ1) is 13.1. The predicted octanol–water partition coefficient (Wildman–Crippen LogP) is 3.89. The Hall–Kier alpha value is -2.08. The lowest BCUT2D eigenvalue weighted by molar-refractivity contribution is -0.128. The van der Waals surface area contributed by atoms with Crippen LogP contribution in [0.25, 0.3) is 0 Å². The SMILES string of the molecule is O=C(Cc1ccc(NC(=O)OCCCC23CC4CC(CC2C4)C3)cc1)NO. The minimum Gasteiger partial charge on any atom is -0.449 e. The summed E-state index contributed by atoms with van der Waals surface area (Å²) in [5.74, 6) is 2.40. The zero-order valence-electron chi connectivity index (χ0n) is 15.6. The lowest BCUT2D eigenvalue weighted by Gasteiger charge is -2.32. The van der Waals surface area contributed by atoms with E-state index in [4.69, 9.17) is 9.94 Å². The largest absolute Gasteiger partial charge is 0.449 e. The maximum Gasteiger partial charge on any atom is 0.411 e. The summed E-state index contributed by atoms with van der Waals surface area (Å²) in [5, 5.41) is 11.2. The first-order valence-electron chi connectivity index (χ1n) is 10.0. The van der Waals surface area contributed by atoms with Crippen molar-refractivity contribution >= 4 is 17.7 Å². The molecule has 6 nitrogen and oxygen atoms in total. The van der Waals surface area contributed by atoms with Crippen LogP contribution < -0.4 is 10.8 Å². The van der Waals surface area contributed by atoms with E-state index in [0.29, 0.717) is 17.7 Å². The number of ether oxygens (including phenoxy) is 1. The zero-order valence-corrected chi connectivity index (χ0v) is 15.6. The van der Waals surface area contributed by atoms with Gasteiger partial charge in [-0.25, -0.2) is 10.3 Å². The highest BCUT2D eigenvalue weighted by molar-refractivity contribution is 5.84. The van der Waals surface area contributed by atoms with Gasteiger partial charge in [-0.3, -0.25) is 15.3 Å². The summed E-state index contributed by atoms with van der Waals surface area (Å²) in [6, 6.07) is 6.90. The molecule has 0 saturated heterocycles. The van der Waals surface area contributed by atoms with Gasteiger partial charge < -0.3 is 4.74 Å². The Balaban J connectivity index is 1.18. The average molecular weight is 372 g/mol. The monoisotopic (exact) mass is 372 g/mol. The number of hydrogen-bond acceptors (Lipinski definition) is 4. The summed E-state index contributed by atoms with van der Waals surface area (Å²) in [7, 11) is 0. The van der Waals surface area contributed by atoms with E-state index in [0.717, 1.165) is 29.7 Å². The molecular formula is C21H28N2O4. The molecule has 0 aliphatic heterocycles. The number of hydroxylamine groups is 1. The van der Waals surface area contributed by atoms with Crippen LogP contribution >= 0.6 is 0 Å². The smallest absolute Gasteiger partial charge is 0.411 e. The van der Waals surface area contributed by atoms with Crippen LogP contribution in [-0.2, 0) is 16.0 Å². The lowest BCUT2D eigenvalue weighted by atomic mass is 9.73. The van der Waals surface area contributed by atoms with Gasteiger partial charge in [0.2, 0.25) is 5.91 Å². The second-order valence-electron chi connectivity index (χ2n) is 8.68. The maximum absolute atomic E-state index is 12.0. The standard InChI is InChI=1S/C21H28N2O4/c24-19(23-26)11-14-2-4-18(5-3-14)22-20(25)27-7-1-6-21-12-15-8-16(13-21)10-17(21)9-15/h2-5,15-17,26H,1,6-13H2,(H,22,25)(H,23,24). The van der Waals surface area contributed by atoms with Crippen LogP contribution in [0.3, 0.4) is 0 Å². The molecular weight excluding hydrogens is 344 g/mol. The highest BCUT2D eigenvalue weighted by atomic mass is 16.5. The van der Waals surface area contributed by atoms with E-state index in [1.165, 1.54) is 38.5 Å². The summed E-state index contributed by atoms with van der Waals surface area (Å²) in [5.41, 5.74) is 3.53. The molecule has 6 heteroatoms. The van der Waals surface area contributed by atoms with E-state index in [1.807, 2.05) is 0 Å². The van der Waals surface area contributed by atoms with Crippen molar-refractivity contribution in [2.24, 2.45) is 23.2 Å². The fraction of sp³-hybridized carbons (Fsp3) is 0.619. The topological polar surface area (TPSA) is 87.7 Å². The summed E-state index contributed by atoms with van der Waals surface area (Å²) >= 11 is 0. The van der Waals surface area contributed by atoms with Crippen molar-refractivity contribution < 1.29 is 19.5 Å². The molecule has 0 spiro atoms. The van der Waals surface area contributed by atoms with Crippen molar-refractivity contribution in [2.45, 2.75) is 51.4 Å². The molecule has 4 bridgehead atoms. The van der Waals surface area contributed by atoms with Crippen LogP contribution in [0.5, 0.6) is 0 Å². The van der Waals surface area contributed by atoms with Gasteiger partial charge in [-0.15, -0.1) is 0 Å². The number of rotatable bonds is 7. The fourth-order valence-electron chi connectivity index (χ4n) is 6.05. The molecule has 1 aromatic rings. The third-order valence-corrected chi connectivity index (χ3v) is 6.90. The molecule has 2 unspecified atom stereocenters. The molecule has 4 aliphatic rings. The molecule has 146 valence electrons. The summed E-state index contributed by atoms with van der Waals surface area (Å²) < 4.78 is 5.35. The van der Waals surface area contributed by atoms with Gasteiger partial charge in [-0.1, -0.05) is 12.1 Å². The van der Waals surface area contributed by atoms with Gasteiger partial charge in [0.05, 0.1) is 13.0 Å². The molecule has 5 rings (SSSR count). The van der Waals surface area contributed by atoms with Crippen LogP contribution in [0.2, 0.25) is 0 Å². The number of carbonyl (C=O) groups excluding carboxylic acids is 2. The summed E-state index contributed by atoms with van der Waals surface area (Å²) in [4.78, 5) is 23.1. The first-order valence-corrected chi connectivity index (χ1v) is 10.0. The van der Waals surface area contributed by atoms with Crippen molar-refractivity contribution in [2.75, 3.05) is 11.9 Å². The maximum atomic E-state index is 12.0. The predicted molar refractivity (Wildman–Crippen MR) is 100 cm³/mol. The van der Waals surface area contributed by atoms with Crippen LogP contribution in [0.4, 0.5) is 10.5 Å². The Kier molecular flexibility index (Phi) is 5.08. The van der Waals surface area contributed by atoms with Crippen molar-refractivity contribution in [1.29, 1.82) is 0 Å². The van der Waals surface area contributed by atoms with Gasteiger partial charge >= 0.3 is 6.09 Å². The number of amides is 2. The van der Waals surface area contributed by atoms with Gasteiger partial charge in [-0.2, -0.15) is 0 Å². The van der Waals surface area contributed by atoms with Crippen LogP contribution in [0, 0.1) is 23.2 Å². The van der Waals surface area contributed by atoms with Crippen LogP contribution in [0.1, 0.15) is 50.5 Å². The highest BCUT2D eigenvalue weighted by Gasteiger charge is 2.56. The van der Waals surface area contributed by atoms with E-state index >= 15 is 0 Å². The molecule has 4 fully saturated rings. The number of nitrogens with one attached hydrogen (secondary N) is 2. The van der Waals surface area contributed by atoms with Crippen LogP contribution in [-0.4, -0.2) is 23.8 Å². The number of hydrogen-bond donors (Lipinski definition) is 3. The van der Waals surface area contributed by atoms with Crippen molar-refractivity contribution in [3.05, 3.63) is 29.8 Å². The molecule has 0 radical (unpaired) electrons. The Labute approximate surface area is 159 Å². The van der Waals surface area contributed by atoms with E-state index in [9.17, 15) is 9.59 Å². The normalized spacial score (nSPS) is 30.3. The molecule has 1 aromatic carbocycles. The fourth-order valence-corrected chi connectivity index (χ4v) is 6.05. The number of anilines is 1. The Morgan fingerprint density at radius 1 is 1.11 bits per heavy atom. The average Bonchev–Trinajstić information content (AvgIpc) is 3.04. The van der Waals surface area contributed by atoms with Gasteiger partial charge in [0.1, 0.15) is 0 Å². The second kappa shape index (κ2) is 7.50. The van der Waals surface area contributed by atoms with E-state index in [1.54, 1.807) is 29.7 Å². The Morgan fingerprint density at radius 2 is 1.81 bits per heavy atom. The quantitative estimate of drug-likeness (QED) is 0.385. The molecule has 2 atom stereocenters. The molecule has 4 aliphatic carbocycles. The Bertz CT molecular complexity index is 689. The molecule has 27 heavy (non-hydrogen) atoms. The lowest BCUT2D eigenvalue weighted by Crippen LogP contribution is -2.23. The molecule has 0 aromatic heterocycles. The number of benzene rings is 1. The van der Waals surface area contributed by atoms with E-state index in [-0.39, 0.29) is 6.42 Å². The van der Waals surface area contributed by atoms with E-state index < -0.39 is 12.0 Å². The second-order valence-corrected chi connectivity index (χ2v) is 8.68. The Morgan fingerprint density at radius 3 is 2.48 bits per heavy atom. The summed E-state index contributed by atoms with van der Waals surface area (Å²) in [6.45, 7) is 0.463. The van der Waals surface area contributed by atoms with Gasteiger partial charge in [0.25, 0.3) is 0 Å².